The number of anilines is 3. The standard InChI is InChI=1S/C22H30N4/c1-6-11-26(12-7-2)19-10-8-9-18-21(19)25-22(23-18)24-20-16(4)13-15(3)14-17(20)5/h8-10,13-14H,6-7,11-12H2,1-5H3,(H2,23,24,25). The summed E-state index contributed by atoms with van der Waals surface area (Å²) in [6.45, 7) is 13.0. The van der Waals surface area contributed by atoms with Gasteiger partial charge in [-0.2, -0.15) is 0 Å². The molecule has 0 radical (unpaired) electrons. The van der Waals surface area contributed by atoms with Crippen LogP contribution in [0.2, 0.25) is 0 Å². The number of hydrogen-bond donors (Lipinski definition) is 2. The highest BCUT2D eigenvalue weighted by atomic mass is 15.2. The summed E-state index contributed by atoms with van der Waals surface area (Å²) in [5, 5.41) is 3.50. The summed E-state index contributed by atoms with van der Waals surface area (Å²) >= 11 is 0. The molecule has 1 aromatic heterocycles. The highest BCUT2D eigenvalue weighted by molar-refractivity contribution is 5.90. The van der Waals surface area contributed by atoms with Gasteiger partial charge < -0.3 is 15.2 Å². The van der Waals surface area contributed by atoms with Crippen LogP contribution in [0.3, 0.4) is 0 Å². The van der Waals surface area contributed by atoms with E-state index in [4.69, 9.17) is 4.98 Å². The lowest BCUT2D eigenvalue weighted by Gasteiger charge is -2.23. The Morgan fingerprint density at radius 2 is 1.65 bits per heavy atom. The van der Waals surface area contributed by atoms with Crippen LogP contribution in [0.15, 0.2) is 30.3 Å². The molecule has 3 aromatic rings. The number of rotatable bonds is 7. The first kappa shape index (κ1) is 18.3. The van der Waals surface area contributed by atoms with E-state index in [0.29, 0.717) is 0 Å². The molecule has 0 saturated heterocycles. The zero-order valence-corrected chi connectivity index (χ0v) is 16.6. The molecular weight excluding hydrogens is 320 g/mol. The van der Waals surface area contributed by atoms with E-state index < -0.39 is 0 Å². The summed E-state index contributed by atoms with van der Waals surface area (Å²) in [6.07, 6.45) is 2.27. The van der Waals surface area contributed by atoms with Crippen LogP contribution >= 0.6 is 0 Å². The average Bonchev–Trinajstić information content (AvgIpc) is 3.00. The molecule has 2 N–H and O–H groups in total. The molecule has 0 bridgehead atoms. The van der Waals surface area contributed by atoms with Crippen molar-refractivity contribution in [3.63, 3.8) is 0 Å². The minimum Gasteiger partial charge on any atom is -0.370 e. The van der Waals surface area contributed by atoms with Gasteiger partial charge in [-0.3, -0.25) is 0 Å². The van der Waals surface area contributed by atoms with Crippen LogP contribution in [0.25, 0.3) is 11.0 Å². The molecule has 0 aliphatic rings. The fourth-order valence-corrected chi connectivity index (χ4v) is 3.72. The molecule has 1 heterocycles. The predicted molar refractivity (Wildman–Crippen MR) is 113 cm³/mol. The molecule has 4 nitrogen and oxygen atoms in total. The molecule has 0 saturated carbocycles. The molecule has 0 fully saturated rings. The van der Waals surface area contributed by atoms with Crippen LogP contribution in [0.5, 0.6) is 0 Å². The molecule has 26 heavy (non-hydrogen) atoms. The number of aryl methyl sites for hydroxylation is 3. The monoisotopic (exact) mass is 350 g/mol. The second-order valence-electron chi connectivity index (χ2n) is 7.14. The highest BCUT2D eigenvalue weighted by Crippen LogP contribution is 2.30. The minimum atomic E-state index is 0.801. The number of hydrogen-bond acceptors (Lipinski definition) is 3. The SMILES string of the molecule is CCCN(CCC)c1cccc2[nH]c(Nc3c(C)cc(C)cc3C)nc12. The van der Waals surface area contributed by atoms with Gasteiger partial charge in [0.2, 0.25) is 5.95 Å². The maximum atomic E-state index is 4.89. The first-order chi connectivity index (χ1) is 12.5. The second-order valence-corrected chi connectivity index (χ2v) is 7.14. The lowest BCUT2D eigenvalue weighted by Crippen LogP contribution is -2.25. The average molecular weight is 351 g/mol. The number of benzene rings is 2. The number of nitrogens with one attached hydrogen (secondary N) is 2. The normalized spacial score (nSPS) is 11.1. The lowest BCUT2D eigenvalue weighted by atomic mass is 10.1. The third-order valence-corrected chi connectivity index (χ3v) is 4.74. The van der Waals surface area contributed by atoms with E-state index in [9.17, 15) is 0 Å². The Labute approximate surface area is 156 Å². The molecule has 3 rings (SSSR count). The molecule has 0 amide bonds. The van der Waals surface area contributed by atoms with Gasteiger partial charge in [-0.05, 0) is 56.9 Å². The number of para-hydroxylation sites is 1. The smallest absolute Gasteiger partial charge is 0.205 e. The van der Waals surface area contributed by atoms with Crippen molar-refractivity contribution in [2.24, 2.45) is 0 Å². The minimum absolute atomic E-state index is 0.801. The summed E-state index contributed by atoms with van der Waals surface area (Å²) in [7, 11) is 0. The van der Waals surface area contributed by atoms with Gasteiger partial charge in [0.15, 0.2) is 0 Å². The molecular formula is C22H30N4. The van der Waals surface area contributed by atoms with Gasteiger partial charge in [-0.15, -0.1) is 0 Å². The Hall–Kier alpha value is -2.49. The van der Waals surface area contributed by atoms with E-state index in [1.165, 1.54) is 22.4 Å². The predicted octanol–water partition coefficient (Wildman–Crippen LogP) is 5.86. The Morgan fingerprint density at radius 3 is 2.27 bits per heavy atom. The third kappa shape index (κ3) is 3.69. The summed E-state index contributed by atoms with van der Waals surface area (Å²) in [6, 6.07) is 10.8. The molecule has 0 spiro atoms. The first-order valence-corrected chi connectivity index (χ1v) is 9.62. The van der Waals surface area contributed by atoms with Gasteiger partial charge in [-0.25, -0.2) is 4.98 Å². The van der Waals surface area contributed by atoms with Crippen LogP contribution in [-0.2, 0) is 0 Å². The van der Waals surface area contributed by atoms with Crippen molar-refractivity contribution >= 4 is 28.4 Å². The number of fused-ring (bicyclic) bond motifs is 1. The van der Waals surface area contributed by atoms with Crippen molar-refractivity contribution in [2.75, 3.05) is 23.3 Å². The molecule has 138 valence electrons. The van der Waals surface area contributed by atoms with E-state index in [-0.39, 0.29) is 0 Å². The van der Waals surface area contributed by atoms with Crippen molar-refractivity contribution in [1.82, 2.24) is 9.97 Å². The van der Waals surface area contributed by atoms with Crippen LogP contribution in [0.1, 0.15) is 43.4 Å². The summed E-state index contributed by atoms with van der Waals surface area (Å²) in [4.78, 5) is 10.8. The maximum Gasteiger partial charge on any atom is 0.205 e. The number of H-pyrrole nitrogens is 1. The van der Waals surface area contributed by atoms with Gasteiger partial charge in [0, 0.05) is 18.8 Å². The van der Waals surface area contributed by atoms with Crippen molar-refractivity contribution in [3.05, 3.63) is 47.0 Å². The molecule has 0 unspecified atom stereocenters. The Morgan fingerprint density at radius 1 is 1.00 bits per heavy atom. The number of aromatic amines is 1. The van der Waals surface area contributed by atoms with Gasteiger partial charge in [0.05, 0.1) is 11.2 Å². The third-order valence-electron chi connectivity index (χ3n) is 4.74. The van der Waals surface area contributed by atoms with E-state index in [0.717, 1.165) is 48.6 Å². The fourth-order valence-electron chi connectivity index (χ4n) is 3.72. The van der Waals surface area contributed by atoms with Gasteiger partial charge in [0.1, 0.15) is 5.52 Å². The van der Waals surface area contributed by atoms with Crippen LogP contribution in [-0.4, -0.2) is 23.1 Å². The van der Waals surface area contributed by atoms with Crippen molar-refractivity contribution in [2.45, 2.75) is 47.5 Å². The highest BCUT2D eigenvalue weighted by Gasteiger charge is 2.13. The van der Waals surface area contributed by atoms with Gasteiger partial charge in [-0.1, -0.05) is 37.6 Å². The zero-order valence-electron chi connectivity index (χ0n) is 16.6. The number of nitrogens with zero attached hydrogens (tertiary/aromatic N) is 2. The molecule has 0 aliphatic heterocycles. The quantitative estimate of drug-likeness (QED) is 0.561. The van der Waals surface area contributed by atoms with Crippen molar-refractivity contribution in [1.29, 1.82) is 0 Å². The Bertz CT molecular complexity index is 865. The topological polar surface area (TPSA) is 44.0 Å². The summed E-state index contributed by atoms with van der Waals surface area (Å²) in [5.41, 5.74) is 8.22. The van der Waals surface area contributed by atoms with E-state index in [2.05, 4.69) is 80.2 Å². The second kappa shape index (κ2) is 7.81. The molecule has 0 atom stereocenters. The van der Waals surface area contributed by atoms with Crippen molar-refractivity contribution in [3.8, 4) is 0 Å². The summed E-state index contributed by atoms with van der Waals surface area (Å²) in [5.74, 6) is 0.801. The summed E-state index contributed by atoms with van der Waals surface area (Å²) < 4.78 is 0. The van der Waals surface area contributed by atoms with E-state index in [1.54, 1.807) is 0 Å². The van der Waals surface area contributed by atoms with Crippen LogP contribution in [0, 0.1) is 20.8 Å². The van der Waals surface area contributed by atoms with Crippen LogP contribution < -0.4 is 10.2 Å². The maximum absolute atomic E-state index is 4.89. The first-order valence-electron chi connectivity index (χ1n) is 9.62. The number of aromatic nitrogens is 2. The van der Waals surface area contributed by atoms with Gasteiger partial charge >= 0.3 is 0 Å². The molecule has 2 aromatic carbocycles. The van der Waals surface area contributed by atoms with E-state index in [1.807, 2.05) is 0 Å². The fraction of sp³-hybridized carbons (Fsp3) is 0.409. The van der Waals surface area contributed by atoms with Gasteiger partial charge in [0.25, 0.3) is 0 Å². The molecule has 0 aliphatic carbocycles. The Balaban J connectivity index is 1.98. The zero-order chi connectivity index (χ0) is 18.7. The van der Waals surface area contributed by atoms with Crippen molar-refractivity contribution < 1.29 is 0 Å². The largest absolute Gasteiger partial charge is 0.370 e. The lowest BCUT2D eigenvalue weighted by molar-refractivity contribution is 0.747. The molecule has 4 heteroatoms. The van der Waals surface area contributed by atoms with Crippen LogP contribution in [0.4, 0.5) is 17.3 Å². The number of imidazole rings is 1. The Kier molecular flexibility index (Phi) is 5.50. The van der Waals surface area contributed by atoms with E-state index >= 15 is 0 Å².